The molecule has 1 saturated heterocycles. The average Bonchev–Trinajstić information content (AvgIpc) is 3.24. The molecule has 1 N–H and O–H groups in total. The maximum atomic E-state index is 6.22. The average molecular weight is 399 g/mol. The van der Waals surface area contributed by atoms with Crippen molar-refractivity contribution in [3.63, 3.8) is 0 Å². The molecule has 5 nitrogen and oxygen atoms in total. The number of aromatic nitrogens is 3. The predicted octanol–water partition coefficient (Wildman–Crippen LogP) is 4.83. The number of fused-ring (bicyclic) bond motifs is 1. The zero-order valence-electron chi connectivity index (χ0n) is 17.2. The lowest BCUT2D eigenvalue weighted by Gasteiger charge is -2.28. The Morgan fingerprint density at radius 3 is 2.67 bits per heavy atom. The van der Waals surface area contributed by atoms with Gasteiger partial charge in [-0.25, -0.2) is 9.50 Å². The summed E-state index contributed by atoms with van der Waals surface area (Å²) in [5.74, 6) is 1.15. The number of rotatable bonds is 5. The normalized spacial score (nSPS) is 17.7. The standard InChI is InChI=1S/C25H26N4O/c1-18(22-11-6-14-26-16-22)30-25-13-12-24-27-17-23(29(24)28-25)21-10-5-9-20(15-21)19-7-3-2-4-8-19/h2-5,7-10,12-13,15,17-18,22,26H,6,11,14,16H2,1H3. The van der Waals surface area contributed by atoms with Gasteiger partial charge in [-0.3, -0.25) is 0 Å². The molecule has 0 spiro atoms. The van der Waals surface area contributed by atoms with E-state index in [2.05, 4.69) is 65.8 Å². The molecule has 2 atom stereocenters. The minimum Gasteiger partial charge on any atom is -0.473 e. The van der Waals surface area contributed by atoms with Crippen molar-refractivity contribution in [1.29, 1.82) is 0 Å². The number of benzene rings is 2. The number of nitrogens with one attached hydrogen (secondary N) is 1. The molecule has 0 bridgehead atoms. The highest BCUT2D eigenvalue weighted by atomic mass is 16.5. The highest BCUT2D eigenvalue weighted by molar-refractivity contribution is 5.72. The first-order valence-corrected chi connectivity index (χ1v) is 10.7. The summed E-state index contributed by atoms with van der Waals surface area (Å²) < 4.78 is 8.10. The van der Waals surface area contributed by atoms with E-state index in [1.54, 1.807) is 0 Å². The van der Waals surface area contributed by atoms with Crippen molar-refractivity contribution in [2.45, 2.75) is 25.9 Å². The van der Waals surface area contributed by atoms with Gasteiger partial charge < -0.3 is 10.1 Å². The Morgan fingerprint density at radius 1 is 1.00 bits per heavy atom. The summed E-state index contributed by atoms with van der Waals surface area (Å²) >= 11 is 0. The van der Waals surface area contributed by atoms with Crippen molar-refractivity contribution < 1.29 is 4.74 Å². The third-order valence-corrected chi connectivity index (χ3v) is 5.91. The highest BCUT2D eigenvalue weighted by Gasteiger charge is 2.22. The topological polar surface area (TPSA) is 51.5 Å². The van der Waals surface area contributed by atoms with Gasteiger partial charge in [-0.15, -0.1) is 5.10 Å². The Bertz CT molecular complexity index is 1130. The molecule has 1 aliphatic rings. The second kappa shape index (κ2) is 8.28. The van der Waals surface area contributed by atoms with E-state index in [1.165, 1.54) is 24.0 Å². The molecule has 2 aromatic heterocycles. The van der Waals surface area contributed by atoms with E-state index in [0.717, 1.165) is 30.0 Å². The molecule has 0 amide bonds. The lowest BCUT2D eigenvalue weighted by molar-refractivity contribution is 0.124. The Kier molecular flexibility index (Phi) is 5.20. The molecule has 2 aromatic carbocycles. The summed E-state index contributed by atoms with van der Waals surface area (Å²) in [5, 5.41) is 8.22. The molecule has 0 saturated carbocycles. The van der Waals surface area contributed by atoms with Gasteiger partial charge >= 0.3 is 0 Å². The molecule has 0 aliphatic carbocycles. The Labute approximate surface area is 176 Å². The maximum Gasteiger partial charge on any atom is 0.232 e. The minimum absolute atomic E-state index is 0.121. The number of hydrogen-bond acceptors (Lipinski definition) is 4. The Morgan fingerprint density at radius 2 is 1.83 bits per heavy atom. The molecule has 5 heteroatoms. The summed E-state index contributed by atoms with van der Waals surface area (Å²) in [4.78, 5) is 4.54. The third-order valence-electron chi connectivity index (χ3n) is 5.91. The fourth-order valence-corrected chi connectivity index (χ4v) is 4.17. The van der Waals surface area contributed by atoms with E-state index >= 15 is 0 Å². The number of imidazole rings is 1. The molecule has 4 aromatic rings. The minimum atomic E-state index is 0.121. The van der Waals surface area contributed by atoms with E-state index in [1.807, 2.05) is 28.9 Å². The van der Waals surface area contributed by atoms with Gasteiger partial charge in [-0.05, 0) is 49.6 Å². The van der Waals surface area contributed by atoms with Gasteiger partial charge in [-0.2, -0.15) is 0 Å². The van der Waals surface area contributed by atoms with Gasteiger partial charge in [0.2, 0.25) is 5.88 Å². The zero-order valence-corrected chi connectivity index (χ0v) is 17.2. The van der Waals surface area contributed by atoms with Crippen LogP contribution in [0.2, 0.25) is 0 Å². The lowest BCUT2D eigenvalue weighted by atomic mass is 9.95. The van der Waals surface area contributed by atoms with Crippen LogP contribution in [0.25, 0.3) is 28.0 Å². The molecule has 3 heterocycles. The van der Waals surface area contributed by atoms with Crippen molar-refractivity contribution in [3.8, 4) is 28.3 Å². The van der Waals surface area contributed by atoms with Gasteiger partial charge in [0.1, 0.15) is 6.10 Å². The van der Waals surface area contributed by atoms with Gasteiger partial charge in [0.25, 0.3) is 0 Å². The van der Waals surface area contributed by atoms with E-state index in [4.69, 9.17) is 9.84 Å². The van der Waals surface area contributed by atoms with E-state index in [0.29, 0.717) is 11.8 Å². The number of ether oxygens (including phenoxy) is 1. The number of hydrogen-bond donors (Lipinski definition) is 1. The second-order valence-corrected chi connectivity index (χ2v) is 7.96. The highest BCUT2D eigenvalue weighted by Crippen LogP contribution is 2.27. The van der Waals surface area contributed by atoms with Crippen LogP contribution in [0.15, 0.2) is 72.9 Å². The van der Waals surface area contributed by atoms with Gasteiger partial charge in [0, 0.05) is 24.1 Å². The molecule has 2 unspecified atom stereocenters. The first-order valence-electron chi connectivity index (χ1n) is 10.7. The van der Waals surface area contributed by atoms with Crippen molar-refractivity contribution >= 4 is 5.65 Å². The van der Waals surface area contributed by atoms with Crippen molar-refractivity contribution in [1.82, 2.24) is 19.9 Å². The first kappa shape index (κ1) is 18.8. The molecular weight excluding hydrogens is 372 g/mol. The smallest absolute Gasteiger partial charge is 0.232 e. The summed E-state index contributed by atoms with van der Waals surface area (Å²) in [6.07, 6.45) is 4.40. The monoisotopic (exact) mass is 398 g/mol. The van der Waals surface area contributed by atoms with Crippen molar-refractivity contribution in [3.05, 3.63) is 72.9 Å². The molecule has 5 rings (SSSR count). The summed E-state index contributed by atoms with van der Waals surface area (Å²) in [6.45, 7) is 4.25. The summed E-state index contributed by atoms with van der Waals surface area (Å²) in [6, 6.07) is 22.8. The van der Waals surface area contributed by atoms with E-state index in [-0.39, 0.29) is 6.10 Å². The maximum absolute atomic E-state index is 6.22. The molecule has 30 heavy (non-hydrogen) atoms. The second-order valence-electron chi connectivity index (χ2n) is 7.96. The predicted molar refractivity (Wildman–Crippen MR) is 120 cm³/mol. The van der Waals surface area contributed by atoms with Gasteiger partial charge in [0.05, 0.1) is 11.9 Å². The van der Waals surface area contributed by atoms with Crippen LogP contribution >= 0.6 is 0 Å². The lowest BCUT2D eigenvalue weighted by Crippen LogP contribution is -2.38. The molecule has 1 fully saturated rings. The summed E-state index contributed by atoms with van der Waals surface area (Å²) in [5.41, 5.74) is 5.22. The van der Waals surface area contributed by atoms with Crippen LogP contribution < -0.4 is 10.1 Å². The van der Waals surface area contributed by atoms with Crippen LogP contribution in [-0.2, 0) is 0 Å². The molecular formula is C25H26N4O. The van der Waals surface area contributed by atoms with Crippen LogP contribution in [0, 0.1) is 5.92 Å². The van der Waals surface area contributed by atoms with Crippen LogP contribution in [0.1, 0.15) is 19.8 Å². The fraction of sp³-hybridized carbons (Fsp3) is 0.280. The third kappa shape index (κ3) is 3.81. The van der Waals surface area contributed by atoms with Crippen LogP contribution in [0.3, 0.4) is 0 Å². The fourth-order valence-electron chi connectivity index (χ4n) is 4.17. The number of piperidine rings is 1. The summed E-state index contributed by atoms with van der Waals surface area (Å²) in [7, 11) is 0. The number of nitrogens with zero attached hydrogens (tertiary/aromatic N) is 3. The Hall–Kier alpha value is -3.18. The van der Waals surface area contributed by atoms with Gasteiger partial charge in [0.15, 0.2) is 5.65 Å². The molecule has 152 valence electrons. The first-order chi connectivity index (χ1) is 14.8. The van der Waals surface area contributed by atoms with E-state index < -0.39 is 0 Å². The largest absolute Gasteiger partial charge is 0.473 e. The van der Waals surface area contributed by atoms with E-state index in [9.17, 15) is 0 Å². The van der Waals surface area contributed by atoms with Crippen molar-refractivity contribution in [2.75, 3.05) is 13.1 Å². The van der Waals surface area contributed by atoms with Crippen LogP contribution in [-0.4, -0.2) is 33.8 Å². The molecule has 0 radical (unpaired) electrons. The van der Waals surface area contributed by atoms with Crippen LogP contribution in [0.4, 0.5) is 0 Å². The Balaban J connectivity index is 1.45. The van der Waals surface area contributed by atoms with Crippen LogP contribution in [0.5, 0.6) is 5.88 Å². The SMILES string of the molecule is CC(Oc1ccc2ncc(-c3cccc(-c4ccccc4)c3)n2n1)C1CCCNC1. The van der Waals surface area contributed by atoms with Gasteiger partial charge in [-0.1, -0.05) is 48.5 Å². The van der Waals surface area contributed by atoms with Crippen molar-refractivity contribution in [2.24, 2.45) is 5.92 Å². The zero-order chi connectivity index (χ0) is 20.3. The quantitative estimate of drug-likeness (QED) is 0.523. The molecule has 1 aliphatic heterocycles.